The van der Waals surface area contributed by atoms with Crippen LogP contribution in [0.15, 0.2) is 12.3 Å². The lowest BCUT2D eigenvalue weighted by atomic mass is 10.3. The van der Waals surface area contributed by atoms with E-state index >= 15 is 0 Å². The summed E-state index contributed by atoms with van der Waals surface area (Å²) in [7, 11) is 1.40. The van der Waals surface area contributed by atoms with Gasteiger partial charge in [-0.15, -0.1) is 0 Å². The zero-order valence-corrected chi connectivity index (χ0v) is 13.8. The van der Waals surface area contributed by atoms with Gasteiger partial charge in [-0.25, -0.2) is 0 Å². The normalized spacial score (nSPS) is 11.4. The summed E-state index contributed by atoms with van der Waals surface area (Å²) in [5.74, 6) is -1.28. The van der Waals surface area contributed by atoms with Crippen LogP contribution >= 0.6 is 0 Å². The van der Waals surface area contributed by atoms with Crippen LogP contribution in [0.3, 0.4) is 0 Å². The summed E-state index contributed by atoms with van der Waals surface area (Å²) in [5, 5.41) is 12.5. The average molecular weight is 358 g/mol. The molecule has 11 heteroatoms. The summed E-state index contributed by atoms with van der Waals surface area (Å²) < 4.78 is 40.8. The van der Waals surface area contributed by atoms with Crippen molar-refractivity contribution < 1.29 is 22.8 Å². The van der Waals surface area contributed by atoms with Crippen LogP contribution in [0.4, 0.5) is 18.9 Å². The molecular weight excluding hydrogens is 341 g/mol. The standard InChI is InChI=1S/C14H17F3N6O2/c1-4-22-6-9(12(21-22)13(25)18-3)19-11(24)7-23-10(14(15,16)17)5-8(2)20-23/h5-6H,4,7H2,1-3H3,(H,18,25)(H,19,24). The fourth-order valence-electron chi connectivity index (χ4n) is 2.18. The lowest BCUT2D eigenvalue weighted by Crippen LogP contribution is -2.25. The number of aromatic nitrogens is 4. The van der Waals surface area contributed by atoms with Crippen molar-refractivity contribution in [3.63, 3.8) is 0 Å². The third-order valence-corrected chi connectivity index (χ3v) is 3.29. The molecule has 0 aliphatic carbocycles. The van der Waals surface area contributed by atoms with Gasteiger partial charge in [-0.05, 0) is 19.9 Å². The van der Waals surface area contributed by atoms with Crippen LogP contribution in [0.2, 0.25) is 0 Å². The highest BCUT2D eigenvalue weighted by atomic mass is 19.4. The lowest BCUT2D eigenvalue weighted by molar-refractivity contribution is -0.144. The smallest absolute Gasteiger partial charge is 0.354 e. The number of nitrogens with one attached hydrogen (secondary N) is 2. The van der Waals surface area contributed by atoms with Crippen molar-refractivity contribution in [2.24, 2.45) is 0 Å². The molecule has 2 rings (SSSR count). The fraction of sp³-hybridized carbons (Fsp3) is 0.429. The molecule has 2 heterocycles. The van der Waals surface area contributed by atoms with Gasteiger partial charge in [0, 0.05) is 19.8 Å². The minimum atomic E-state index is -4.62. The fourth-order valence-corrected chi connectivity index (χ4v) is 2.18. The predicted octanol–water partition coefficient (Wildman–Crippen LogP) is 1.43. The molecule has 0 aliphatic rings. The summed E-state index contributed by atoms with van der Waals surface area (Å²) in [5.41, 5.74) is -0.782. The van der Waals surface area contributed by atoms with Gasteiger partial charge in [-0.1, -0.05) is 0 Å². The minimum absolute atomic E-state index is 0.0228. The molecule has 0 atom stereocenters. The second-order valence-electron chi connectivity index (χ2n) is 5.20. The van der Waals surface area contributed by atoms with Crippen LogP contribution in [0.5, 0.6) is 0 Å². The number of carbonyl (C=O) groups excluding carboxylic acids is 2. The average Bonchev–Trinajstić information content (AvgIpc) is 3.09. The van der Waals surface area contributed by atoms with Gasteiger partial charge >= 0.3 is 6.18 Å². The van der Waals surface area contributed by atoms with E-state index in [1.807, 2.05) is 0 Å². The number of nitrogens with zero attached hydrogens (tertiary/aromatic N) is 4. The van der Waals surface area contributed by atoms with E-state index in [9.17, 15) is 22.8 Å². The third kappa shape index (κ3) is 4.17. The van der Waals surface area contributed by atoms with Gasteiger partial charge in [0.1, 0.15) is 12.2 Å². The Morgan fingerprint density at radius 2 is 1.96 bits per heavy atom. The Kier molecular flexibility index (Phi) is 5.14. The maximum atomic E-state index is 12.9. The Balaban J connectivity index is 2.22. The maximum Gasteiger partial charge on any atom is 0.433 e. The van der Waals surface area contributed by atoms with Gasteiger partial charge in [0.15, 0.2) is 5.69 Å². The number of hydrogen-bond donors (Lipinski definition) is 2. The molecule has 8 nitrogen and oxygen atoms in total. The van der Waals surface area contributed by atoms with E-state index < -0.39 is 30.2 Å². The van der Waals surface area contributed by atoms with Crippen LogP contribution in [0, 0.1) is 6.92 Å². The number of rotatable bonds is 5. The van der Waals surface area contributed by atoms with Crippen molar-refractivity contribution in [1.82, 2.24) is 24.9 Å². The summed E-state index contributed by atoms with van der Waals surface area (Å²) in [4.78, 5) is 23.9. The summed E-state index contributed by atoms with van der Waals surface area (Å²) in [6.45, 7) is 3.00. The molecule has 0 fully saturated rings. The number of carbonyl (C=O) groups is 2. The predicted molar refractivity (Wildman–Crippen MR) is 81.9 cm³/mol. The van der Waals surface area contributed by atoms with Gasteiger partial charge < -0.3 is 10.6 Å². The lowest BCUT2D eigenvalue weighted by Gasteiger charge is -2.10. The molecular formula is C14H17F3N6O2. The number of halogens is 3. The molecule has 0 spiro atoms. The third-order valence-electron chi connectivity index (χ3n) is 3.29. The molecule has 25 heavy (non-hydrogen) atoms. The first-order chi connectivity index (χ1) is 11.7. The Morgan fingerprint density at radius 3 is 2.52 bits per heavy atom. The van der Waals surface area contributed by atoms with Crippen molar-refractivity contribution in [1.29, 1.82) is 0 Å². The van der Waals surface area contributed by atoms with Gasteiger partial charge in [-0.3, -0.25) is 19.0 Å². The topological polar surface area (TPSA) is 93.8 Å². The summed E-state index contributed by atoms with van der Waals surface area (Å²) >= 11 is 0. The molecule has 2 N–H and O–H groups in total. The van der Waals surface area contributed by atoms with Crippen molar-refractivity contribution in [2.45, 2.75) is 33.1 Å². The molecule has 2 amide bonds. The van der Waals surface area contributed by atoms with E-state index in [0.29, 0.717) is 11.2 Å². The quantitative estimate of drug-likeness (QED) is 0.845. The number of anilines is 1. The first-order valence-electron chi connectivity index (χ1n) is 7.36. The molecule has 2 aromatic heterocycles. The van der Waals surface area contributed by atoms with Crippen LogP contribution in [0.1, 0.15) is 28.8 Å². The molecule has 0 saturated carbocycles. The van der Waals surface area contributed by atoms with Gasteiger partial charge in [0.05, 0.1) is 11.4 Å². The molecule has 0 aliphatic heterocycles. The first kappa shape index (κ1) is 18.5. The Labute approximate surface area is 141 Å². The minimum Gasteiger partial charge on any atom is -0.354 e. The zero-order valence-electron chi connectivity index (χ0n) is 13.8. The van der Waals surface area contributed by atoms with Gasteiger partial charge in [0.2, 0.25) is 5.91 Å². The monoisotopic (exact) mass is 358 g/mol. The van der Waals surface area contributed by atoms with Gasteiger partial charge in [-0.2, -0.15) is 23.4 Å². The maximum absolute atomic E-state index is 12.9. The number of alkyl halides is 3. The highest BCUT2D eigenvalue weighted by Gasteiger charge is 2.35. The Bertz CT molecular complexity index is 793. The van der Waals surface area contributed by atoms with Crippen LogP contribution in [-0.4, -0.2) is 38.4 Å². The summed E-state index contributed by atoms with van der Waals surface area (Å²) in [6, 6.07) is 0.859. The highest BCUT2D eigenvalue weighted by Crippen LogP contribution is 2.29. The van der Waals surface area contributed by atoms with E-state index in [0.717, 1.165) is 6.07 Å². The second kappa shape index (κ2) is 6.95. The largest absolute Gasteiger partial charge is 0.433 e. The van der Waals surface area contributed by atoms with Crippen LogP contribution in [0.25, 0.3) is 0 Å². The zero-order chi connectivity index (χ0) is 18.8. The van der Waals surface area contributed by atoms with Crippen LogP contribution in [-0.2, 0) is 24.1 Å². The van der Waals surface area contributed by atoms with Crippen LogP contribution < -0.4 is 10.6 Å². The Morgan fingerprint density at radius 1 is 1.28 bits per heavy atom. The summed E-state index contributed by atoms with van der Waals surface area (Å²) in [6.07, 6.45) is -3.19. The van der Waals surface area contributed by atoms with E-state index in [1.165, 1.54) is 24.9 Å². The molecule has 0 unspecified atom stereocenters. The SMILES string of the molecule is CCn1cc(NC(=O)Cn2nc(C)cc2C(F)(F)F)c(C(=O)NC)n1. The van der Waals surface area contributed by atoms with Gasteiger partial charge in [0.25, 0.3) is 5.91 Å². The number of amides is 2. The van der Waals surface area contributed by atoms with Crippen molar-refractivity contribution in [2.75, 3.05) is 12.4 Å². The van der Waals surface area contributed by atoms with Crippen molar-refractivity contribution in [3.05, 3.63) is 29.3 Å². The highest BCUT2D eigenvalue weighted by molar-refractivity contribution is 6.02. The second-order valence-corrected chi connectivity index (χ2v) is 5.20. The van der Waals surface area contributed by atoms with E-state index in [1.54, 1.807) is 6.92 Å². The van der Waals surface area contributed by atoms with Crippen molar-refractivity contribution in [3.8, 4) is 0 Å². The first-order valence-corrected chi connectivity index (χ1v) is 7.36. The molecule has 0 aromatic carbocycles. The molecule has 0 saturated heterocycles. The number of aryl methyl sites for hydroxylation is 2. The van der Waals surface area contributed by atoms with E-state index in [-0.39, 0.29) is 17.1 Å². The number of hydrogen-bond acceptors (Lipinski definition) is 4. The van der Waals surface area contributed by atoms with E-state index in [4.69, 9.17) is 0 Å². The Hall–Kier alpha value is -2.85. The van der Waals surface area contributed by atoms with E-state index in [2.05, 4.69) is 20.8 Å². The van der Waals surface area contributed by atoms with Crippen molar-refractivity contribution >= 4 is 17.5 Å². The molecule has 0 bridgehead atoms. The molecule has 2 aromatic rings. The molecule has 136 valence electrons. The molecule has 0 radical (unpaired) electrons.